The van der Waals surface area contributed by atoms with E-state index in [2.05, 4.69) is 21.7 Å². The molecule has 0 radical (unpaired) electrons. The minimum absolute atomic E-state index is 0.0801. The third-order valence-electron chi connectivity index (χ3n) is 5.36. The zero-order valence-corrected chi connectivity index (χ0v) is 18.5. The Morgan fingerprint density at radius 2 is 1.85 bits per heavy atom. The second kappa shape index (κ2) is 9.91. The van der Waals surface area contributed by atoms with E-state index in [0.29, 0.717) is 30.0 Å². The lowest BCUT2D eigenvalue weighted by Crippen LogP contribution is -2.36. The molecular weight excluding hydrogens is 418 g/mol. The summed E-state index contributed by atoms with van der Waals surface area (Å²) >= 11 is 0. The highest BCUT2D eigenvalue weighted by Gasteiger charge is 2.18. The number of carbonyl (C=O) groups excluding carboxylic acids is 2. The molecule has 2 amide bonds. The van der Waals surface area contributed by atoms with E-state index in [0.717, 1.165) is 22.2 Å². The van der Waals surface area contributed by atoms with Crippen LogP contribution >= 0.6 is 0 Å². The van der Waals surface area contributed by atoms with Gasteiger partial charge in [0.1, 0.15) is 17.2 Å². The molecule has 0 fully saturated rings. The molecule has 0 saturated heterocycles. The summed E-state index contributed by atoms with van der Waals surface area (Å²) in [5, 5.41) is 6.74. The monoisotopic (exact) mass is 443 g/mol. The van der Waals surface area contributed by atoms with Gasteiger partial charge in [-0.2, -0.15) is 0 Å². The van der Waals surface area contributed by atoms with Crippen LogP contribution in [0.4, 0.5) is 0 Å². The Balaban J connectivity index is 1.49. The van der Waals surface area contributed by atoms with Crippen LogP contribution in [0, 0.1) is 6.92 Å². The molecule has 0 spiro atoms. The van der Waals surface area contributed by atoms with Gasteiger partial charge in [0.25, 0.3) is 11.8 Å². The Labute approximate surface area is 191 Å². The fourth-order valence-electron chi connectivity index (χ4n) is 3.75. The largest absolute Gasteiger partial charge is 0.496 e. The van der Waals surface area contributed by atoms with Crippen molar-refractivity contribution >= 4 is 28.8 Å². The van der Waals surface area contributed by atoms with Gasteiger partial charge in [0.15, 0.2) is 0 Å². The Morgan fingerprint density at radius 3 is 2.64 bits per heavy atom. The highest BCUT2D eigenvalue weighted by atomic mass is 16.5. The first-order valence-corrected chi connectivity index (χ1v) is 10.6. The van der Waals surface area contributed by atoms with Gasteiger partial charge in [0, 0.05) is 29.2 Å². The van der Waals surface area contributed by atoms with Crippen LogP contribution in [0.1, 0.15) is 27.4 Å². The molecule has 2 aromatic carbocycles. The van der Waals surface area contributed by atoms with Crippen molar-refractivity contribution in [2.24, 2.45) is 0 Å². The number of hydrogen-bond donors (Lipinski definition) is 3. The molecule has 0 aliphatic carbocycles. The summed E-state index contributed by atoms with van der Waals surface area (Å²) in [5.41, 5.74) is 3.70. The molecule has 0 atom stereocenters. The Hall–Kier alpha value is -4.26. The molecule has 7 nitrogen and oxygen atoms in total. The van der Waals surface area contributed by atoms with E-state index >= 15 is 0 Å². The van der Waals surface area contributed by atoms with Crippen molar-refractivity contribution in [1.29, 1.82) is 0 Å². The molecule has 4 aromatic rings. The minimum atomic E-state index is -0.451. The predicted molar refractivity (Wildman–Crippen MR) is 127 cm³/mol. The molecule has 4 rings (SSSR count). The number of benzene rings is 2. The van der Waals surface area contributed by atoms with Gasteiger partial charge in [-0.05, 0) is 49.2 Å². The van der Waals surface area contributed by atoms with E-state index < -0.39 is 11.8 Å². The highest BCUT2D eigenvalue weighted by Crippen LogP contribution is 2.22. The van der Waals surface area contributed by atoms with Crippen LogP contribution in [0.25, 0.3) is 17.0 Å². The van der Waals surface area contributed by atoms with Gasteiger partial charge in [-0.15, -0.1) is 0 Å². The molecule has 2 heterocycles. The summed E-state index contributed by atoms with van der Waals surface area (Å²) in [6.45, 7) is 2.43. The number of aromatic nitrogens is 1. The normalized spacial score (nSPS) is 11.4. The van der Waals surface area contributed by atoms with Gasteiger partial charge >= 0.3 is 0 Å². The van der Waals surface area contributed by atoms with Crippen molar-refractivity contribution in [3.8, 4) is 5.75 Å². The molecule has 168 valence electrons. The third kappa shape index (κ3) is 4.98. The second-order valence-electron chi connectivity index (χ2n) is 7.51. The van der Waals surface area contributed by atoms with Gasteiger partial charge in [-0.3, -0.25) is 9.59 Å². The first-order chi connectivity index (χ1) is 16.1. The third-order valence-corrected chi connectivity index (χ3v) is 5.36. The summed E-state index contributed by atoms with van der Waals surface area (Å²) < 4.78 is 10.6. The Morgan fingerprint density at radius 1 is 1.06 bits per heavy atom. The zero-order valence-electron chi connectivity index (χ0n) is 18.5. The predicted octanol–water partition coefficient (Wildman–Crippen LogP) is 4.21. The smallest absolute Gasteiger partial charge is 0.267 e. The summed E-state index contributed by atoms with van der Waals surface area (Å²) in [4.78, 5) is 29.2. The standard InChI is InChI=1S/C26H25N3O4/c1-17-19(20-9-3-5-11-22(20)28-17)13-14-27-26(31)23(16-18-8-7-15-33-18)29-25(30)21-10-4-6-12-24(21)32-2/h3-12,15-16,28H,13-14H2,1-2H3,(H,27,31)(H,29,30)/b23-16-. The molecule has 0 aliphatic rings. The number of furan rings is 1. The molecular formula is C26H25N3O4. The quantitative estimate of drug-likeness (QED) is 0.356. The summed E-state index contributed by atoms with van der Waals surface area (Å²) in [7, 11) is 1.49. The molecule has 33 heavy (non-hydrogen) atoms. The maximum atomic E-state index is 13.0. The van der Waals surface area contributed by atoms with Crippen LogP contribution in [0.2, 0.25) is 0 Å². The number of para-hydroxylation sites is 2. The number of amides is 2. The van der Waals surface area contributed by atoms with Gasteiger partial charge in [-0.1, -0.05) is 30.3 Å². The van der Waals surface area contributed by atoms with E-state index in [4.69, 9.17) is 9.15 Å². The van der Waals surface area contributed by atoms with Crippen molar-refractivity contribution in [2.45, 2.75) is 13.3 Å². The number of hydrogen-bond acceptors (Lipinski definition) is 4. The lowest BCUT2D eigenvalue weighted by Gasteiger charge is -2.12. The molecule has 0 unspecified atom stereocenters. The van der Waals surface area contributed by atoms with E-state index in [1.165, 1.54) is 19.4 Å². The zero-order chi connectivity index (χ0) is 23.2. The number of ether oxygens (including phenoxy) is 1. The molecule has 7 heteroatoms. The average Bonchev–Trinajstić information content (AvgIpc) is 3.45. The van der Waals surface area contributed by atoms with Gasteiger partial charge in [0.2, 0.25) is 0 Å². The summed E-state index contributed by atoms with van der Waals surface area (Å²) in [6, 6.07) is 18.3. The van der Waals surface area contributed by atoms with Crippen molar-refractivity contribution in [2.75, 3.05) is 13.7 Å². The van der Waals surface area contributed by atoms with Crippen LogP contribution in [-0.4, -0.2) is 30.5 Å². The highest BCUT2D eigenvalue weighted by molar-refractivity contribution is 6.06. The van der Waals surface area contributed by atoms with Crippen LogP contribution in [0.3, 0.4) is 0 Å². The number of aromatic amines is 1. The van der Waals surface area contributed by atoms with Crippen molar-refractivity contribution in [3.63, 3.8) is 0 Å². The number of carbonyl (C=O) groups is 2. The van der Waals surface area contributed by atoms with Gasteiger partial charge in [0.05, 0.1) is 18.9 Å². The van der Waals surface area contributed by atoms with E-state index in [9.17, 15) is 9.59 Å². The lowest BCUT2D eigenvalue weighted by molar-refractivity contribution is -0.117. The molecule has 0 bridgehead atoms. The molecule has 0 aliphatic heterocycles. The first kappa shape index (κ1) is 22.0. The first-order valence-electron chi connectivity index (χ1n) is 10.6. The Bertz CT molecular complexity index is 1300. The molecule has 0 saturated carbocycles. The molecule has 2 aromatic heterocycles. The SMILES string of the molecule is COc1ccccc1C(=O)N/C(=C\c1ccco1)C(=O)NCCc1c(C)[nH]c2ccccc12. The lowest BCUT2D eigenvalue weighted by atomic mass is 10.1. The summed E-state index contributed by atoms with van der Waals surface area (Å²) in [6.07, 6.45) is 3.65. The number of nitrogens with one attached hydrogen (secondary N) is 3. The maximum absolute atomic E-state index is 13.0. The van der Waals surface area contributed by atoms with Gasteiger partial charge in [-0.25, -0.2) is 0 Å². The molecule has 3 N–H and O–H groups in total. The van der Waals surface area contributed by atoms with Crippen molar-refractivity contribution in [3.05, 3.63) is 95.2 Å². The second-order valence-corrected chi connectivity index (χ2v) is 7.51. The van der Waals surface area contributed by atoms with Crippen molar-refractivity contribution in [1.82, 2.24) is 15.6 Å². The van der Waals surface area contributed by atoms with E-state index in [-0.39, 0.29) is 5.70 Å². The number of H-pyrrole nitrogens is 1. The Kier molecular flexibility index (Phi) is 6.59. The fraction of sp³-hybridized carbons (Fsp3) is 0.154. The van der Waals surface area contributed by atoms with Crippen LogP contribution < -0.4 is 15.4 Å². The average molecular weight is 444 g/mol. The van der Waals surface area contributed by atoms with Crippen LogP contribution in [-0.2, 0) is 11.2 Å². The van der Waals surface area contributed by atoms with Crippen LogP contribution in [0.5, 0.6) is 5.75 Å². The fourth-order valence-corrected chi connectivity index (χ4v) is 3.75. The topological polar surface area (TPSA) is 96.4 Å². The maximum Gasteiger partial charge on any atom is 0.267 e. The number of methoxy groups -OCH3 is 1. The van der Waals surface area contributed by atoms with Crippen molar-refractivity contribution < 1.29 is 18.7 Å². The van der Waals surface area contributed by atoms with Crippen LogP contribution in [0.15, 0.2) is 77.0 Å². The number of fused-ring (bicyclic) bond motifs is 1. The van der Waals surface area contributed by atoms with E-state index in [1.54, 1.807) is 36.4 Å². The van der Waals surface area contributed by atoms with Gasteiger partial charge < -0.3 is 24.8 Å². The summed E-state index contributed by atoms with van der Waals surface area (Å²) in [5.74, 6) is 0.00976. The number of rotatable bonds is 8. The minimum Gasteiger partial charge on any atom is -0.496 e. The van der Waals surface area contributed by atoms with E-state index in [1.807, 2.05) is 25.1 Å². The number of aryl methyl sites for hydroxylation is 1.